The molecule has 0 aromatic heterocycles. The number of nitrogens with zero attached hydrogens (tertiary/aromatic N) is 1. The zero-order valence-electron chi connectivity index (χ0n) is 23.2. The van der Waals surface area contributed by atoms with Gasteiger partial charge in [-0.1, -0.05) is 117 Å². The fraction of sp³-hybridized carbons (Fsp3) is 0.382. The predicted molar refractivity (Wildman–Crippen MR) is 157 cm³/mol. The van der Waals surface area contributed by atoms with Crippen LogP contribution in [0.5, 0.6) is 0 Å². The molecular weight excluding hydrogens is 498 g/mol. The van der Waals surface area contributed by atoms with E-state index in [1.165, 1.54) is 6.42 Å². The van der Waals surface area contributed by atoms with E-state index in [1.807, 2.05) is 97.9 Å². The van der Waals surface area contributed by atoms with E-state index in [-0.39, 0.29) is 23.8 Å². The van der Waals surface area contributed by atoms with E-state index >= 15 is 0 Å². The van der Waals surface area contributed by atoms with Crippen LogP contribution in [-0.2, 0) is 4.79 Å². The van der Waals surface area contributed by atoms with Crippen molar-refractivity contribution in [3.8, 4) is 0 Å². The SMILES string of the molecule is CCCNC(=O)C1C(c2ccccc2)C(C(=O)c2ccccc2)C(c2ccccc2)N1C(=O)NC1CCCCC1. The highest BCUT2D eigenvalue weighted by molar-refractivity contribution is 6.01. The lowest BCUT2D eigenvalue weighted by molar-refractivity contribution is -0.125. The van der Waals surface area contributed by atoms with Crippen LogP contribution in [0.25, 0.3) is 0 Å². The molecule has 1 heterocycles. The average Bonchev–Trinajstić information content (AvgIpc) is 3.38. The molecule has 3 amide bonds. The van der Waals surface area contributed by atoms with Crippen molar-refractivity contribution in [1.82, 2.24) is 15.5 Å². The molecule has 40 heavy (non-hydrogen) atoms. The number of rotatable bonds is 8. The minimum Gasteiger partial charge on any atom is -0.354 e. The Hall–Kier alpha value is -3.93. The van der Waals surface area contributed by atoms with Gasteiger partial charge >= 0.3 is 6.03 Å². The Balaban J connectivity index is 1.68. The Morgan fingerprint density at radius 2 is 1.35 bits per heavy atom. The van der Waals surface area contributed by atoms with Crippen molar-refractivity contribution in [3.63, 3.8) is 0 Å². The molecule has 2 N–H and O–H groups in total. The number of carbonyl (C=O) groups is 3. The fourth-order valence-corrected chi connectivity index (χ4v) is 6.49. The monoisotopic (exact) mass is 537 g/mol. The number of hydrogen-bond donors (Lipinski definition) is 2. The van der Waals surface area contributed by atoms with Gasteiger partial charge in [-0.05, 0) is 30.4 Å². The smallest absolute Gasteiger partial charge is 0.318 e. The molecule has 2 fully saturated rings. The minimum atomic E-state index is -0.847. The first-order valence-electron chi connectivity index (χ1n) is 14.7. The number of hydrogen-bond acceptors (Lipinski definition) is 3. The maximum absolute atomic E-state index is 14.5. The van der Waals surface area contributed by atoms with Gasteiger partial charge in [0.15, 0.2) is 5.78 Å². The quantitative estimate of drug-likeness (QED) is 0.333. The highest BCUT2D eigenvalue weighted by atomic mass is 16.2. The van der Waals surface area contributed by atoms with Gasteiger partial charge in [-0.3, -0.25) is 9.59 Å². The number of likely N-dealkylation sites (tertiary alicyclic amines) is 1. The van der Waals surface area contributed by atoms with Crippen molar-refractivity contribution < 1.29 is 14.4 Å². The Bertz CT molecular complexity index is 1280. The van der Waals surface area contributed by atoms with Gasteiger partial charge in [-0.2, -0.15) is 0 Å². The molecule has 4 unspecified atom stereocenters. The van der Waals surface area contributed by atoms with Crippen molar-refractivity contribution in [1.29, 1.82) is 0 Å². The van der Waals surface area contributed by atoms with Gasteiger partial charge in [0.1, 0.15) is 6.04 Å². The summed E-state index contributed by atoms with van der Waals surface area (Å²) in [7, 11) is 0. The molecule has 0 bridgehead atoms. The Morgan fingerprint density at radius 1 is 0.775 bits per heavy atom. The van der Waals surface area contributed by atoms with Gasteiger partial charge in [-0.25, -0.2) is 4.79 Å². The lowest BCUT2D eigenvalue weighted by Crippen LogP contribution is -2.53. The van der Waals surface area contributed by atoms with Gasteiger partial charge in [0, 0.05) is 24.1 Å². The molecule has 3 aromatic carbocycles. The molecule has 3 aromatic rings. The molecule has 2 aliphatic rings. The molecule has 1 saturated carbocycles. The second-order valence-corrected chi connectivity index (χ2v) is 11.0. The van der Waals surface area contributed by atoms with E-state index in [0.29, 0.717) is 12.1 Å². The third-order valence-electron chi connectivity index (χ3n) is 8.34. The van der Waals surface area contributed by atoms with Crippen LogP contribution in [0.4, 0.5) is 4.79 Å². The first-order valence-corrected chi connectivity index (χ1v) is 14.7. The van der Waals surface area contributed by atoms with E-state index < -0.39 is 23.9 Å². The molecule has 5 rings (SSSR count). The molecule has 4 atom stereocenters. The number of carbonyl (C=O) groups excluding carboxylic acids is 3. The standard InChI is InChI=1S/C34H39N3O3/c1-2-23-35-33(39)31-28(24-15-7-3-8-16-24)29(32(38)26-19-11-5-12-20-26)30(25-17-9-4-10-18-25)37(31)34(40)36-27-21-13-6-14-22-27/h3-5,7-12,15-20,27-31H,2,6,13-14,21-23H2,1H3,(H,35,39)(H,36,40). The summed E-state index contributed by atoms with van der Waals surface area (Å²) in [4.78, 5) is 44.5. The fourth-order valence-electron chi connectivity index (χ4n) is 6.49. The maximum Gasteiger partial charge on any atom is 0.318 e. The van der Waals surface area contributed by atoms with Gasteiger partial charge < -0.3 is 15.5 Å². The van der Waals surface area contributed by atoms with Crippen molar-refractivity contribution in [2.75, 3.05) is 6.54 Å². The number of benzene rings is 3. The van der Waals surface area contributed by atoms with Crippen LogP contribution in [0.3, 0.4) is 0 Å². The van der Waals surface area contributed by atoms with E-state index in [2.05, 4.69) is 10.6 Å². The van der Waals surface area contributed by atoms with E-state index in [4.69, 9.17) is 0 Å². The topological polar surface area (TPSA) is 78.5 Å². The molecule has 1 saturated heterocycles. The predicted octanol–water partition coefficient (Wildman–Crippen LogP) is 6.26. The molecule has 0 radical (unpaired) electrons. The third-order valence-corrected chi connectivity index (χ3v) is 8.34. The van der Waals surface area contributed by atoms with E-state index in [1.54, 1.807) is 4.90 Å². The highest BCUT2D eigenvalue weighted by Crippen LogP contribution is 2.51. The van der Waals surface area contributed by atoms with Crippen LogP contribution in [0.1, 0.15) is 78.9 Å². The van der Waals surface area contributed by atoms with E-state index in [0.717, 1.165) is 43.2 Å². The van der Waals surface area contributed by atoms with Crippen molar-refractivity contribution in [2.24, 2.45) is 5.92 Å². The van der Waals surface area contributed by atoms with Crippen molar-refractivity contribution >= 4 is 17.7 Å². The van der Waals surface area contributed by atoms with Gasteiger partial charge in [0.25, 0.3) is 0 Å². The second kappa shape index (κ2) is 12.9. The molecular formula is C34H39N3O3. The first-order chi connectivity index (χ1) is 19.6. The number of nitrogens with one attached hydrogen (secondary N) is 2. The summed E-state index contributed by atoms with van der Waals surface area (Å²) in [6, 6.07) is 27.0. The normalized spacial score (nSPS) is 23.0. The average molecular weight is 538 g/mol. The lowest BCUT2D eigenvalue weighted by Gasteiger charge is -2.34. The molecule has 1 aliphatic carbocycles. The second-order valence-electron chi connectivity index (χ2n) is 11.0. The number of Topliss-reactive ketones (excluding diaryl/α,β-unsaturated/α-hetero) is 1. The number of amides is 3. The number of urea groups is 1. The largest absolute Gasteiger partial charge is 0.354 e. The summed E-state index contributed by atoms with van der Waals surface area (Å²) >= 11 is 0. The van der Waals surface area contributed by atoms with Crippen molar-refractivity contribution in [3.05, 3.63) is 108 Å². The Morgan fingerprint density at radius 3 is 1.95 bits per heavy atom. The summed E-state index contributed by atoms with van der Waals surface area (Å²) in [5, 5.41) is 6.33. The minimum absolute atomic E-state index is 0.0652. The Kier molecular flexibility index (Phi) is 8.94. The summed E-state index contributed by atoms with van der Waals surface area (Å²) in [6.45, 7) is 2.51. The summed E-state index contributed by atoms with van der Waals surface area (Å²) in [6.07, 6.45) is 5.96. The van der Waals surface area contributed by atoms with Crippen molar-refractivity contribution in [2.45, 2.75) is 69.5 Å². The number of ketones is 1. The summed E-state index contributed by atoms with van der Waals surface area (Å²) in [5.74, 6) is -1.46. The zero-order chi connectivity index (χ0) is 27.9. The maximum atomic E-state index is 14.5. The van der Waals surface area contributed by atoms with Crippen LogP contribution in [0.15, 0.2) is 91.0 Å². The summed E-state index contributed by atoms with van der Waals surface area (Å²) < 4.78 is 0. The lowest BCUT2D eigenvalue weighted by atomic mass is 9.76. The summed E-state index contributed by atoms with van der Waals surface area (Å²) in [5.41, 5.74) is 2.31. The van der Waals surface area contributed by atoms with Crippen LogP contribution < -0.4 is 10.6 Å². The van der Waals surface area contributed by atoms with Gasteiger partial charge in [-0.15, -0.1) is 0 Å². The van der Waals surface area contributed by atoms with Gasteiger partial charge in [0.05, 0.1) is 12.0 Å². The van der Waals surface area contributed by atoms with Crippen LogP contribution >= 0.6 is 0 Å². The van der Waals surface area contributed by atoms with Crippen LogP contribution in [0, 0.1) is 5.92 Å². The molecule has 0 spiro atoms. The zero-order valence-corrected chi connectivity index (χ0v) is 23.2. The third kappa shape index (κ3) is 5.81. The molecule has 6 nitrogen and oxygen atoms in total. The van der Waals surface area contributed by atoms with Gasteiger partial charge in [0.2, 0.25) is 5.91 Å². The van der Waals surface area contributed by atoms with Crippen LogP contribution in [-0.4, -0.2) is 41.2 Å². The van der Waals surface area contributed by atoms with E-state index in [9.17, 15) is 14.4 Å². The molecule has 1 aliphatic heterocycles. The highest BCUT2D eigenvalue weighted by Gasteiger charge is 2.57. The Labute approximate surface area is 237 Å². The van der Waals surface area contributed by atoms with Crippen LogP contribution in [0.2, 0.25) is 0 Å². The molecule has 6 heteroatoms. The first kappa shape index (κ1) is 27.6. The molecule has 208 valence electrons.